The molecule has 0 unspecified atom stereocenters. The molecule has 6 heterocycles. The lowest BCUT2D eigenvalue weighted by Gasteiger charge is -2.37. The van der Waals surface area contributed by atoms with E-state index in [0.29, 0.717) is 83.9 Å². The number of benzene rings is 5. The molecule has 9 aromatic rings. The third kappa shape index (κ3) is 10.5. The number of amides is 5. The maximum atomic E-state index is 13.9. The molecule has 29 nitrogen and oxygen atoms in total. The van der Waals surface area contributed by atoms with Gasteiger partial charge in [-0.1, -0.05) is 6.07 Å². The molecule has 0 saturated carbocycles. The van der Waals surface area contributed by atoms with Gasteiger partial charge < -0.3 is 46.4 Å². The van der Waals surface area contributed by atoms with Crippen LogP contribution >= 0.6 is 0 Å². The summed E-state index contributed by atoms with van der Waals surface area (Å²) in [5.41, 5.74) is 17.9. The highest BCUT2D eigenvalue weighted by molar-refractivity contribution is 7.86. The second kappa shape index (κ2) is 22.4. The molecular formula is C57H55N15O14S2. The van der Waals surface area contributed by atoms with Gasteiger partial charge in [0.25, 0.3) is 43.9 Å². The molecule has 0 aliphatic carbocycles. The Bertz CT molecular complexity index is 4630. The molecule has 2 aliphatic heterocycles. The molecular weight excluding hydrogens is 1180 g/mol. The number of esters is 1. The van der Waals surface area contributed by atoms with Gasteiger partial charge in [0.05, 0.1) is 50.4 Å². The number of imidazole rings is 2. The Labute approximate surface area is 499 Å². The number of aryl methyl sites for hydroxylation is 6. The fourth-order valence-corrected chi connectivity index (χ4v) is 12.6. The Hall–Kier alpha value is -10.5. The van der Waals surface area contributed by atoms with Crippen molar-refractivity contribution >= 4 is 101 Å². The van der Waals surface area contributed by atoms with Gasteiger partial charge in [-0.15, -0.1) is 0 Å². The van der Waals surface area contributed by atoms with Crippen molar-refractivity contribution in [3.8, 4) is 11.5 Å². The number of hydrogen-bond acceptors (Lipinski definition) is 18. The Balaban J connectivity index is 0.804. The van der Waals surface area contributed by atoms with Crippen LogP contribution in [0.2, 0.25) is 0 Å². The Morgan fingerprint density at radius 3 is 1.48 bits per heavy atom. The minimum atomic E-state index is -5.22. The molecule has 88 heavy (non-hydrogen) atoms. The van der Waals surface area contributed by atoms with Crippen molar-refractivity contribution in [3.63, 3.8) is 0 Å². The first kappa shape index (κ1) is 59.2. The molecule has 31 heteroatoms. The number of rotatable bonds is 19. The molecule has 0 bridgehead atoms. The van der Waals surface area contributed by atoms with E-state index in [1.165, 1.54) is 30.3 Å². The van der Waals surface area contributed by atoms with Gasteiger partial charge in [-0.3, -0.25) is 53.1 Å². The number of nitrogens with zero attached hydrogens (tertiary/aromatic N) is 8. The second-order valence-corrected chi connectivity index (χ2v) is 23.4. The second-order valence-electron chi connectivity index (χ2n) is 20.7. The number of aromatic nitrogens is 8. The Morgan fingerprint density at radius 1 is 0.591 bits per heavy atom. The highest BCUT2D eigenvalue weighted by Crippen LogP contribution is 2.60. The van der Waals surface area contributed by atoms with Crippen LogP contribution in [0, 0.1) is 13.8 Å². The molecule has 0 fully saturated rings. The summed E-state index contributed by atoms with van der Waals surface area (Å²) in [5, 5.41) is 20.1. The highest BCUT2D eigenvalue weighted by Gasteiger charge is 2.56. The molecule has 5 amide bonds. The molecule has 454 valence electrons. The Morgan fingerprint density at radius 2 is 1.02 bits per heavy atom. The summed E-state index contributed by atoms with van der Waals surface area (Å²) in [6, 6.07) is 21.5. The fourth-order valence-electron chi connectivity index (χ4n) is 11.1. The maximum Gasteiger partial charge on any atom is 0.340 e. The van der Waals surface area contributed by atoms with Crippen molar-refractivity contribution in [2.24, 2.45) is 5.73 Å². The van der Waals surface area contributed by atoms with Crippen molar-refractivity contribution in [1.82, 2.24) is 49.3 Å². The summed E-state index contributed by atoms with van der Waals surface area (Å²) >= 11 is 0. The van der Waals surface area contributed by atoms with Crippen LogP contribution in [0.25, 0.3) is 22.1 Å². The van der Waals surface area contributed by atoms with Gasteiger partial charge in [-0.05, 0) is 125 Å². The summed E-state index contributed by atoms with van der Waals surface area (Å²) in [5.74, 6) is -4.85. The normalized spacial score (nSPS) is 13.2. The van der Waals surface area contributed by atoms with E-state index in [0.717, 1.165) is 12.1 Å². The molecule has 0 saturated heterocycles. The topological polar surface area (TPSA) is 427 Å². The van der Waals surface area contributed by atoms with Gasteiger partial charge in [0.1, 0.15) is 11.4 Å². The minimum absolute atomic E-state index is 0.0210. The highest BCUT2D eigenvalue weighted by atomic mass is 32.2. The molecule has 0 atom stereocenters. The summed E-state index contributed by atoms with van der Waals surface area (Å²) in [4.78, 5) is 88.4. The third-order valence-electron chi connectivity index (χ3n) is 15.0. The van der Waals surface area contributed by atoms with E-state index in [9.17, 15) is 54.7 Å². The van der Waals surface area contributed by atoms with E-state index < -0.39 is 94.0 Å². The quantitative estimate of drug-likeness (QED) is 0.0225. The van der Waals surface area contributed by atoms with Gasteiger partial charge >= 0.3 is 5.97 Å². The maximum absolute atomic E-state index is 13.9. The number of anilines is 4. The predicted molar refractivity (Wildman–Crippen MR) is 316 cm³/mol. The SMILES string of the molecule is CCn1nc(C)cc1C(=O)Nc1nc2cc(C(N)=O)ccc2n1CCCCn1c(NC(=O)c2cc(C)nn2CC)nc2cc(C(=O)NCCNC(=O)c3ccc4c(c3)C(=O)OC43c4ccc(N)c(S(=O)(=O)O)c4Oc4c3ccc(N)c4S(=O)(=O)O)ccc21. The molecule has 12 N–H and O–H groups in total. The van der Waals surface area contributed by atoms with Gasteiger partial charge in [-0.2, -0.15) is 27.0 Å². The van der Waals surface area contributed by atoms with Gasteiger partial charge in [0.2, 0.25) is 17.8 Å². The number of unbranched alkanes of at least 4 members (excludes halogenated alkanes) is 1. The van der Waals surface area contributed by atoms with Crippen molar-refractivity contribution in [2.75, 3.05) is 35.2 Å². The number of nitrogens with one attached hydrogen (secondary N) is 4. The number of nitrogens with two attached hydrogens (primary N) is 3. The lowest BCUT2D eigenvalue weighted by atomic mass is 9.77. The molecule has 11 rings (SSSR count). The molecule has 2 aliphatic rings. The number of hydrogen-bond donors (Lipinski definition) is 9. The van der Waals surface area contributed by atoms with Crippen LogP contribution in [0.15, 0.2) is 101 Å². The number of ether oxygens (including phenoxy) is 2. The first-order chi connectivity index (χ1) is 41.8. The number of primary amides is 1. The zero-order chi connectivity index (χ0) is 62.9. The molecule has 4 aromatic heterocycles. The summed E-state index contributed by atoms with van der Waals surface area (Å²) in [7, 11) is -10.4. The predicted octanol–water partition coefficient (Wildman–Crippen LogP) is 4.91. The van der Waals surface area contributed by atoms with Crippen LogP contribution in [0.4, 0.5) is 23.3 Å². The largest absolute Gasteiger partial charge is 0.453 e. The van der Waals surface area contributed by atoms with Gasteiger partial charge in [-0.25, -0.2) is 14.8 Å². The standard InChI is InChI=1S/C57H55N15O14S2/c1-5-71-43(23-28(3)67-71)52(76)65-55-63-39-26-30(49(60)73)10-17-41(39)69(55)21-7-8-22-70-42-18-11-32(27-40(42)64-56(70)66-53(77)44-24-29(4)68-72(44)6-2)51(75)62-20-19-61-50(74)31-9-12-34-33(25-31)54(78)86-57(34)35-13-15-37(58)47(87(79,80)81)45(35)85-46-36(57)14-16-38(59)48(46)88(82,83)84/h9-18,23-27H,5-8,19-22,58-59H2,1-4H3,(H2,60,73)(H,61,74)(H,62,75)(H,63,65,76)(H,64,66,77)(H,79,80,81)(H,82,83,84). The first-order valence-electron chi connectivity index (χ1n) is 27.3. The van der Waals surface area contributed by atoms with Crippen LogP contribution in [-0.4, -0.2) is 113 Å². The minimum Gasteiger partial charge on any atom is -0.453 e. The van der Waals surface area contributed by atoms with Gasteiger partial charge in [0.15, 0.2) is 26.9 Å². The Kier molecular flexibility index (Phi) is 15.1. The summed E-state index contributed by atoms with van der Waals surface area (Å²) < 4.78 is 90.1. The average Bonchev–Trinajstić information content (AvgIpc) is 1.31. The smallest absolute Gasteiger partial charge is 0.340 e. The zero-order valence-corrected chi connectivity index (χ0v) is 48.9. The van der Waals surface area contributed by atoms with E-state index in [1.807, 2.05) is 23.0 Å². The van der Waals surface area contributed by atoms with E-state index in [2.05, 4.69) is 36.4 Å². The monoisotopic (exact) mass is 1240 g/mol. The van der Waals surface area contributed by atoms with E-state index in [4.69, 9.17) is 31.7 Å². The van der Waals surface area contributed by atoms with Crippen LogP contribution < -0.4 is 43.2 Å². The fraction of sp³-hybridized carbons (Fsp3) is 0.228. The van der Waals surface area contributed by atoms with Crippen LogP contribution in [0.1, 0.15) is 117 Å². The summed E-state index contributed by atoms with van der Waals surface area (Å²) in [6.07, 6.45) is 1.02. The molecule has 5 aromatic carbocycles. The number of nitrogen functional groups attached to an aromatic ring is 2. The van der Waals surface area contributed by atoms with Crippen LogP contribution in [0.5, 0.6) is 11.5 Å². The van der Waals surface area contributed by atoms with Crippen LogP contribution in [0.3, 0.4) is 0 Å². The van der Waals surface area contributed by atoms with Crippen molar-refractivity contribution in [1.29, 1.82) is 0 Å². The first-order valence-corrected chi connectivity index (χ1v) is 30.1. The number of carbonyl (C=O) groups excluding carboxylic acids is 6. The lowest BCUT2D eigenvalue weighted by molar-refractivity contribution is 0.0220. The summed E-state index contributed by atoms with van der Waals surface area (Å²) in [6.45, 7) is 8.64. The van der Waals surface area contributed by atoms with Crippen LogP contribution in [-0.2, 0) is 56.8 Å². The van der Waals surface area contributed by atoms with E-state index >= 15 is 0 Å². The third-order valence-corrected chi connectivity index (χ3v) is 16.8. The number of fused-ring (bicyclic) bond motifs is 8. The average molecular weight is 1240 g/mol. The van der Waals surface area contributed by atoms with Crippen molar-refractivity contribution in [3.05, 3.63) is 153 Å². The zero-order valence-electron chi connectivity index (χ0n) is 47.2. The van der Waals surface area contributed by atoms with E-state index in [-0.39, 0.29) is 63.9 Å². The van der Waals surface area contributed by atoms with E-state index in [1.54, 1.807) is 71.7 Å². The van der Waals surface area contributed by atoms with Crippen molar-refractivity contribution in [2.45, 2.75) is 82.1 Å². The van der Waals surface area contributed by atoms with Gasteiger partial charge in [0, 0.05) is 72.6 Å². The number of carbonyl (C=O) groups is 6. The lowest BCUT2D eigenvalue weighted by Crippen LogP contribution is -2.35. The molecule has 0 radical (unpaired) electrons. The molecule has 1 spiro atoms. The van der Waals surface area contributed by atoms with Crippen molar-refractivity contribution < 1.29 is 64.2 Å².